The van der Waals surface area contributed by atoms with Gasteiger partial charge < -0.3 is 9.29 Å². The van der Waals surface area contributed by atoms with Crippen molar-refractivity contribution >= 4 is 18.2 Å². The average Bonchev–Trinajstić information content (AvgIpc) is 2.20. The molecule has 0 saturated carbocycles. The maximum atomic E-state index is 10.9. The quantitative estimate of drug-likeness (QED) is 0.608. The van der Waals surface area contributed by atoms with Crippen LogP contribution in [0.25, 0.3) is 0 Å². The van der Waals surface area contributed by atoms with E-state index >= 15 is 0 Å². The van der Waals surface area contributed by atoms with Gasteiger partial charge in [0.2, 0.25) is 0 Å². The SMILES string of the molecule is Cc1ccc(OSN)cc1C(C)C(=O)O. The van der Waals surface area contributed by atoms with Crippen LogP contribution < -0.4 is 9.32 Å². The Morgan fingerprint density at radius 1 is 1.60 bits per heavy atom. The highest BCUT2D eigenvalue weighted by Crippen LogP contribution is 2.25. The molecule has 1 aromatic rings. The Kier molecular flexibility index (Phi) is 3.99. The van der Waals surface area contributed by atoms with E-state index in [-0.39, 0.29) is 0 Å². The summed E-state index contributed by atoms with van der Waals surface area (Å²) in [5.74, 6) is -0.830. The second-order valence-corrected chi connectivity index (χ2v) is 3.62. The fourth-order valence-electron chi connectivity index (χ4n) is 1.33. The summed E-state index contributed by atoms with van der Waals surface area (Å²) in [6.07, 6.45) is 0. The van der Waals surface area contributed by atoms with Gasteiger partial charge in [0.1, 0.15) is 18.0 Å². The van der Waals surface area contributed by atoms with Gasteiger partial charge in [-0.2, -0.15) is 0 Å². The molecule has 5 heteroatoms. The van der Waals surface area contributed by atoms with Gasteiger partial charge in [-0.25, -0.2) is 5.14 Å². The molecule has 0 radical (unpaired) electrons. The summed E-state index contributed by atoms with van der Waals surface area (Å²) < 4.78 is 5.03. The summed E-state index contributed by atoms with van der Waals surface area (Å²) in [6, 6.07) is 5.28. The van der Waals surface area contributed by atoms with E-state index in [1.165, 1.54) is 0 Å². The molecule has 0 spiro atoms. The molecule has 0 aliphatic carbocycles. The van der Waals surface area contributed by atoms with Gasteiger partial charge in [-0.15, -0.1) is 0 Å². The Bertz CT molecular complexity index is 368. The highest BCUT2D eigenvalue weighted by atomic mass is 32.2. The van der Waals surface area contributed by atoms with E-state index in [1.807, 2.05) is 13.0 Å². The van der Waals surface area contributed by atoms with E-state index in [4.69, 9.17) is 14.4 Å². The molecule has 0 amide bonds. The van der Waals surface area contributed by atoms with Crippen LogP contribution in [-0.4, -0.2) is 11.1 Å². The van der Waals surface area contributed by atoms with Crippen molar-refractivity contribution < 1.29 is 14.1 Å². The maximum absolute atomic E-state index is 10.9. The van der Waals surface area contributed by atoms with Crippen LogP contribution in [0, 0.1) is 6.92 Å². The molecule has 1 unspecified atom stereocenters. The first-order valence-corrected chi connectivity index (χ1v) is 5.23. The van der Waals surface area contributed by atoms with Gasteiger partial charge in [0, 0.05) is 0 Å². The Morgan fingerprint density at radius 3 is 2.80 bits per heavy atom. The number of carboxylic acids is 1. The molecule has 4 nitrogen and oxygen atoms in total. The molecule has 1 aromatic carbocycles. The minimum Gasteiger partial charge on any atom is -0.481 e. The molecule has 0 aromatic heterocycles. The van der Waals surface area contributed by atoms with Crippen molar-refractivity contribution in [3.05, 3.63) is 29.3 Å². The van der Waals surface area contributed by atoms with Gasteiger partial charge in [0.05, 0.1) is 5.92 Å². The standard InChI is InChI=1S/C10H13NO3S/c1-6-3-4-8(14-15-11)5-9(6)7(2)10(12)13/h3-5,7H,11H2,1-2H3,(H,12,13). The summed E-state index contributed by atoms with van der Waals surface area (Å²) in [7, 11) is 0. The highest BCUT2D eigenvalue weighted by Gasteiger charge is 2.16. The average molecular weight is 227 g/mol. The minimum atomic E-state index is -0.851. The molecule has 0 saturated heterocycles. The summed E-state index contributed by atoms with van der Waals surface area (Å²) in [5.41, 5.74) is 1.67. The van der Waals surface area contributed by atoms with Crippen molar-refractivity contribution in [3.8, 4) is 5.75 Å². The molecule has 1 rings (SSSR count). The number of hydrogen-bond acceptors (Lipinski definition) is 4. The Morgan fingerprint density at radius 2 is 2.27 bits per heavy atom. The van der Waals surface area contributed by atoms with Crippen molar-refractivity contribution in [2.45, 2.75) is 19.8 Å². The molecule has 3 N–H and O–H groups in total. The van der Waals surface area contributed by atoms with E-state index in [0.717, 1.165) is 23.4 Å². The lowest BCUT2D eigenvalue weighted by molar-refractivity contribution is -0.138. The third-order valence-corrected chi connectivity index (χ3v) is 2.52. The van der Waals surface area contributed by atoms with Crippen molar-refractivity contribution in [2.24, 2.45) is 5.14 Å². The third kappa shape index (κ3) is 2.87. The summed E-state index contributed by atoms with van der Waals surface area (Å²) in [6.45, 7) is 3.51. The van der Waals surface area contributed by atoms with Crippen LogP contribution in [0.2, 0.25) is 0 Å². The molecule has 0 heterocycles. The zero-order chi connectivity index (χ0) is 11.4. The zero-order valence-electron chi connectivity index (χ0n) is 8.56. The molecule has 0 aliphatic rings. The predicted octanol–water partition coefficient (Wildman–Crippen LogP) is 2.08. The summed E-state index contributed by atoms with van der Waals surface area (Å²) in [5, 5.41) is 14.1. The number of hydrogen-bond donors (Lipinski definition) is 2. The largest absolute Gasteiger partial charge is 0.481 e. The Hall–Kier alpha value is -1.20. The maximum Gasteiger partial charge on any atom is 0.310 e. The monoisotopic (exact) mass is 227 g/mol. The summed E-state index contributed by atoms with van der Waals surface area (Å²) >= 11 is 0.742. The zero-order valence-corrected chi connectivity index (χ0v) is 9.38. The number of carboxylic acid groups (broad SMARTS) is 1. The minimum absolute atomic E-state index is 0.545. The smallest absolute Gasteiger partial charge is 0.310 e. The number of carbonyl (C=O) groups is 1. The van der Waals surface area contributed by atoms with Crippen LogP contribution in [0.4, 0.5) is 0 Å². The van der Waals surface area contributed by atoms with Gasteiger partial charge in [-0.1, -0.05) is 6.07 Å². The topological polar surface area (TPSA) is 72.5 Å². The molecule has 1 atom stereocenters. The van der Waals surface area contributed by atoms with E-state index in [1.54, 1.807) is 19.1 Å². The van der Waals surface area contributed by atoms with Gasteiger partial charge in [-0.05, 0) is 37.1 Å². The molecular formula is C10H13NO3S. The molecule has 82 valence electrons. The van der Waals surface area contributed by atoms with Crippen LogP contribution >= 0.6 is 12.2 Å². The van der Waals surface area contributed by atoms with Crippen LogP contribution in [0.3, 0.4) is 0 Å². The molecule has 0 aliphatic heterocycles. The van der Waals surface area contributed by atoms with Crippen LogP contribution in [0.5, 0.6) is 5.75 Å². The number of benzene rings is 1. The van der Waals surface area contributed by atoms with Gasteiger partial charge in [-0.3, -0.25) is 4.79 Å². The van der Waals surface area contributed by atoms with Crippen molar-refractivity contribution in [3.63, 3.8) is 0 Å². The Balaban J connectivity index is 3.04. The van der Waals surface area contributed by atoms with E-state index in [2.05, 4.69) is 0 Å². The lowest BCUT2D eigenvalue weighted by Crippen LogP contribution is -2.09. The van der Waals surface area contributed by atoms with Crippen molar-refractivity contribution in [2.75, 3.05) is 0 Å². The lowest BCUT2D eigenvalue weighted by atomic mass is 9.96. The first kappa shape index (κ1) is 11.9. The molecule has 15 heavy (non-hydrogen) atoms. The van der Waals surface area contributed by atoms with Gasteiger partial charge in [0.25, 0.3) is 0 Å². The second kappa shape index (κ2) is 5.04. The van der Waals surface area contributed by atoms with E-state index in [9.17, 15) is 4.79 Å². The second-order valence-electron chi connectivity index (χ2n) is 3.26. The van der Waals surface area contributed by atoms with E-state index < -0.39 is 11.9 Å². The first-order valence-electron chi connectivity index (χ1n) is 4.43. The predicted molar refractivity (Wildman–Crippen MR) is 59.6 cm³/mol. The summed E-state index contributed by atoms with van der Waals surface area (Å²) in [4.78, 5) is 10.9. The number of nitrogens with two attached hydrogens (primary N) is 1. The highest BCUT2D eigenvalue weighted by molar-refractivity contribution is 7.92. The molecule has 0 bridgehead atoms. The Labute approximate surface area is 92.8 Å². The number of rotatable bonds is 4. The van der Waals surface area contributed by atoms with Crippen LogP contribution in [0.1, 0.15) is 24.0 Å². The van der Waals surface area contributed by atoms with Gasteiger partial charge in [0.15, 0.2) is 0 Å². The fraction of sp³-hybridized carbons (Fsp3) is 0.300. The van der Waals surface area contributed by atoms with Crippen LogP contribution in [-0.2, 0) is 4.79 Å². The normalized spacial score (nSPS) is 12.2. The molecule has 0 fully saturated rings. The first-order chi connectivity index (χ1) is 7.06. The van der Waals surface area contributed by atoms with E-state index in [0.29, 0.717) is 5.75 Å². The number of aryl methyl sites for hydroxylation is 1. The molecular weight excluding hydrogens is 214 g/mol. The van der Waals surface area contributed by atoms with Crippen molar-refractivity contribution in [1.29, 1.82) is 0 Å². The lowest BCUT2D eigenvalue weighted by Gasteiger charge is -2.11. The van der Waals surface area contributed by atoms with Crippen LogP contribution in [0.15, 0.2) is 18.2 Å². The van der Waals surface area contributed by atoms with Gasteiger partial charge >= 0.3 is 5.97 Å². The fourth-order valence-corrected chi connectivity index (χ4v) is 1.54. The third-order valence-electron chi connectivity index (χ3n) is 2.23. The number of aliphatic carboxylic acids is 1. The van der Waals surface area contributed by atoms with Crippen molar-refractivity contribution in [1.82, 2.24) is 0 Å².